The van der Waals surface area contributed by atoms with Gasteiger partial charge < -0.3 is 21.3 Å². The molecule has 0 unspecified atom stereocenters. The number of amides is 2. The first-order valence-electron chi connectivity index (χ1n) is 10.7. The summed E-state index contributed by atoms with van der Waals surface area (Å²) in [6, 6.07) is 21.3. The number of amidine groups is 2. The van der Waals surface area contributed by atoms with Crippen molar-refractivity contribution in [3.8, 4) is 0 Å². The third-order valence-electron chi connectivity index (χ3n) is 5.14. The molecule has 0 saturated heterocycles. The first-order valence-corrected chi connectivity index (χ1v) is 10.7. The Morgan fingerprint density at radius 1 is 0.588 bits per heavy atom. The average molecular weight is 457 g/mol. The van der Waals surface area contributed by atoms with Gasteiger partial charge in [0.1, 0.15) is 11.7 Å². The molecule has 2 amide bonds. The maximum Gasteiger partial charge on any atom is 0.255 e. The summed E-state index contributed by atoms with van der Waals surface area (Å²) in [6.45, 7) is 0. The van der Waals surface area contributed by atoms with Crippen LogP contribution in [0.4, 0.5) is 11.4 Å². The Bertz CT molecular complexity index is 1120. The second kappa shape index (κ2) is 11.4. The van der Waals surface area contributed by atoms with Crippen molar-refractivity contribution < 1.29 is 9.59 Å². The largest absolute Gasteiger partial charge is 0.373 e. The molecule has 0 aromatic heterocycles. The van der Waals surface area contributed by atoms with Crippen LogP contribution >= 0.6 is 0 Å². The standard InChI is InChI=1S/C26H28N6O2/c1-27-23(28-2)17-8-12-21(13-9-17)31-25(33)19-6-5-7-20(16-19)26(34)32-22-14-10-18(11-15-22)24(29-3)30-4/h5-16H,1-4H3,(H,27,28)(H,29,30)(H,31,33)(H,32,34). The highest BCUT2D eigenvalue weighted by molar-refractivity contribution is 6.09. The topological polar surface area (TPSA) is 107 Å². The van der Waals surface area contributed by atoms with E-state index in [2.05, 4.69) is 31.3 Å². The molecule has 0 spiro atoms. The number of rotatable bonds is 6. The van der Waals surface area contributed by atoms with E-state index in [1.807, 2.05) is 24.3 Å². The Kier molecular flexibility index (Phi) is 8.12. The highest BCUT2D eigenvalue weighted by atomic mass is 16.2. The maximum absolute atomic E-state index is 12.7. The number of hydrogen-bond donors (Lipinski definition) is 4. The van der Waals surface area contributed by atoms with E-state index in [1.54, 1.807) is 76.7 Å². The van der Waals surface area contributed by atoms with E-state index in [1.165, 1.54) is 0 Å². The normalized spacial score (nSPS) is 11.5. The fourth-order valence-corrected chi connectivity index (χ4v) is 3.40. The molecule has 3 aromatic carbocycles. The van der Waals surface area contributed by atoms with E-state index in [0.29, 0.717) is 22.5 Å². The third-order valence-corrected chi connectivity index (χ3v) is 5.14. The number of carbonyl (C=O) groups is 2. The molecular weight excluding hydrogens is 428 g/mol. The van der Waals surface area contributed by atoms with E-state index >= 15 is 0 Å². The third kappa shape index (κ3) is 5.86. The van der Waals surface area contributed by atoms with Crippen molar-refractivity contribution >= 4 is 34.9 Å². The smallest absolute Gasteiger partial charge is 0.255 e. The van der Waals surface area contributed by atoms with Crippen molar-refractivity contribution in [1.82, 2.24) is 10.6 Å². The van der Waals surface area contributed by atoms with Gasteiger partial charge in [-0.3, -0.25) is 19.6 Å². The molecule has 3 rings (SSSR count). The summed E-state index contributed by atoms with van der Waals surface area (Å²) in [4.78, 5) is 33.8. The van der Waals surface area contributed by atoms with Gasteiger partial charge in [-0.05, 0) is 66.7 Å². The van der Waals surface area contributed by atoms with Crippen molar-refractivity contribution in [2.75, 3.05) is 38.8 Å². The van der Waals surface area contributed by atoms with Crippen LogP contribution in [0, 0.1) is 0 Å². The van der Waals surface area contributed by atoms with Crippen molar-refractivity contribution in [3.63, 3.8) is 0 Å². The number of aliphatic imine (C=N–C) groups is 2. The fourth-order valence-electron chi connectivity index (χ4n) is 3.40. The molecule has 0 heterocycles. The van der Waals surface area contributed by atoms with Crippen molar-refractivity contribution in [3.05, 3.63) is 95.1 Å². The van der Waals surface area contributed by atoms with Gasteiger partial charge in [0.2, 0.25) is 0 Å². The van der Waals surface area contributed by atoms with E-state index < -0.39 is 0 Å². The number of nitrogens with zero attached hydrogens (tertiary/aromatic N) is 2. The van der Waals surface area contributed by atoms with E-state index in [9.17, 15) is 9.59 Å². The predicted octanol–water partition coefficient (Wildman–Crippen LogP) is 3.38. The summed E-state index contributed by atoms with van der Waals surface area (Å²) in [5, 5.41) is 11.7. The van der Waals surface area contributed by atoms with Crippen molar-refractivity contribution in [1.29, 1.82) is 0 Å². The summed E-state index contributed by atoms with van der Waals surface area (Å²) in [7, 11) is 7.02. The van der Waals surface area contributed by atoms with Crippen LogP contribution in [0.5, 0.6) is 0 Å². The molecular formula is C26H28N6O2. The summed E-state index contributed by atoms with van der Waals surface area (Å²) in [6.07, 6.45) is 0. The molecule has 0 saturated carbocycles. The zero-order valence-electron chi connectivity index (χ0n) is 19.6. The monoisotopic (exact) mass is 456 g/mol. The second-order valence-electron chi connectivity index (χ2n) is 7.29. The molecule has 4 N–H and O–H groups in total. The zero-order chi connectivity index (χ0) is 24.5. The molecule has 0 radical (unpaired) electrons. The van der Waals surface area contributed by atoms with Gasteiger partial charge in [-0.25, -0.2) is 0 Å². The van der Waals surface area contributed by atoms with Gasteiger partial charge in [0.25, 0.3) is 11.8 Å². The van der Waals surface area contributed by atoms with E-state index in [-0.39, 0.29) is 11.8 Å². The number of anilines is 2. The molecule has 0 fully saturated rings. The first kappa shape index (κ1) is 24.2. The SMILES string of the molecule is CN=C(NC)c1ccc(NC(=O)c2cccc(C(=O)Nc3ccc(C(=NC)NC)cc3)c2)cc1. The summed E-state index contributed by atoms with van der Waals surface area (Å²) >= 11 is 0. The van der Waals surface area contributed by atoms with Gasteiger partial charge in [0, 0.05) is 61.8 Å². The van der Waals surface area contributed by atoms with Gasteiger partial charge in [0.15, 0.2) is 0 Å². The van der Waals surface area contributed by atoms with Crippen LogP contribution in [0.2, 0.25) is 0 Å². The number of benzene rings is 3. The minimum Gasteiger partial charge on any atom is -0.373 e. The molecule has 0 aliphatic heterocycles. The Balaban J connectivity index is 1.68. The molecule has 0 bridgehead atoms. The van der Waals surface area contributed by atoms with Gasteiger partial charge in [0.05, 0.1) is 0 Å². The summed E-state index contributed by atoms with van der Waals surface area (Å²) in [5.41, 5.74) is 3.89. The van der Waals surface area contributed by atoms with Crippen LogP contribution in [-0.4, -0.2) is 51.7 Å². The molecule has 0 atom stereocenters. The molecule has 174 valence electrons. The lowest BCUT2D eigenvalue weighted by Crippen LogP contribution is -2.19. The Hall–Kier alpha value is -4.46. The summed E-state index contributed by atoms with van der Waals surface area (Å²) in [5.74, 6) is 0.908. The van der Waals surface area contributed by atoms with Gasteiger partial charge >= 0.3 is 0 Å². The van der Waals surface area contributed by atoms with Gasteiger partial charge in [-0.15, -0.1) is 0 Å². The second-order valence-corrected chi connectivity index (χ2v) is 7.29. The van der Waals surface area contributed by atoms with Crippen LogP contribution in [-0.2, 0) is 0 Å². The van der Waals surface area contributed by atoms with Crippen LogP contribution in [0.3, 0.4) is 0 Å². The summed E-state index contributed by atoms with van der Waals surface area (Å²) < 4.78 is 0. The predicted molar refractivity (Wildman–Crippen MR) is 138 cm³/mol. The van der Waals surface area contributed by atoms with Crippen LogP contribution < -0.4 is 21.3 Å². The number of nitrogens with one attached hydrogen (secondary N) is 4. The van der Waals surface area contributed by atoms with Crippen LogP contribution in [0.15, 0.2) is 82.8 Å². The lowest BCUT2D eigenvalue weighted by atomic mass is 10.1. The molecule has 0 aliphatic rings. The number of hydrogen-bond acceptors (Lipinski definition) is 4. The van der Waals surface area contributed by atoms with Crippen molar-refractivity contribution in [2.24, 2.45) is 9.98 Å². The maximum atomic E-state index is 12.7. The molecule has 8 heteroatoms. The lowest BCUT2D eigenvalue weighted by Gasteiger charge is -2.10. The first-order chi connectivity index (χ1) is 16.5. The van der Waals surface area contributed by atoms with Gasteiger partial charge in [-0.1, -0.05) is 6.07 Å². The minimum absolute atomic E-state index is 0.303. The Morgan fingerprint density at radius 3 is 1.29 bits per heavy atom. The molecule has 3 aromatic rings. The Labute approximate surface area is 199 Å². The number of carbonyl (C=O) groups excluding carboxylic acids is 2. The Morgan fingerprint density at radius 2 is 0.971 bits per heavy atom. The van der Waals surface area contributed by atoms with Crippen LogP contribution in [0.25, 0.3) is 0 Å². The molecule has 8 nitrogen and oxygen atoms in total. The zero-order valence-corrected chi connectivity index (χ0v) is 19.6. The fraction of sp³-hybridized carbons (Fsp3) is 0.154. The van der Waals surface area contributed by atoms with E-state index in [4.69, 9.17) is 0 Å². The van der Waals surface area contributed by atoms with Crippen molar-refractivity contribution in [2.45, 2.75) is 0 Å². The highest BCUT2D eigenvalue weighted by Crippen LogP contribution is 2.15. The van der Waals surface area contributed by atoms with E-state index in [0.717, 1.165) is 22.8 Å². The lowest BCUT2D eigenvalue weighted by molar-refractivity contribution is 0.102. The quantitative estimate of drug-likeness (QED) is 0.337. The molecule has 0 aliphatic carbocycles. The highest BCUT2D eigenvalue weighted by Gasteiger charge is 2.12. The van der Waals surface area contributed by atoms with Crippen LogP contribution in [0.1, 0.15) is 31.8 Å². The van der Waals surface area contributed by atoms with Gasteiger partial charge in [-0.2, -0.15) is 0 Å². The molecule has 34 heavy (non-hydrogen) atoms. The average Bonchev–Trinajstić information content (AvgIpc) is 2.87. The minimum atomic E-state index is -0.303.